The van der Waals surface area contributed by atoms with Gasteiger partial charge in [-0.05, 0) is 50.7 Å². The molecule has 1 aliphatic rings. The zero-order valence-corrected chi connectivity index (χ0v) is 14.4. The highest BCUT2D eigenvalue weighted by atomic mass is 35.5. The first-order valence-corrected chi connectivity index (χ1v) is 8.20. The second kappa shape index (κ2) is 7.64. The largest absolute Gasteiger partial charge is 0.388 e. The number of hydrogen-bond donors (Lipinski definition) is 1. The number of aliphatic hydroxyl groups excluding tert-OH is 1. The Hall–Kier alpha value is -0.810. The van der Waals surface area contributed by atoms with Crippen molar-refractivity contribution in [3.8, 4) is 0 Å². The van der Waals surface area contributed by atoms with Crippen LogP contribution in [0.2, 0.25) is 10.0 Å². The van der Waals surface area contributed by atoms with E-state index in [2.05, 4.69) is 19.0 Å². The van der Waals surface area contributed by atoms with Crippen molar-refractivity contribution >= 4 is 29.1 Å². The third-order valence-electron chi connectivity index (χ3n) is 4.19. The first-order valence-electron chi connectivity index (χ1n) is 7.45. The molecule has 1 aromatic rings. The monoisotopic (exact) mass is 344 g/mol. The minimum absolute atomic E-state index is 0.0270. The summed E-state index contributed by atoms with van der Waals surface area (Å²) in [6.45, 7) is 1.48. The molecule has 1 unspecified atom stereocenters. The van der Waals surface area contributed by atoms with Crippen molar-refractivity contribution in [3.63, 3.8) is 0 Å². The van der Waals surface area contributed by atoms with Crippen molar-refractivity contribution in [1.29, 1.82) is 0 Å². The minimum atomic E-state index is -0.879. The average molecular weight is 345 g/mol. The quantitative estimate of drug-likeness (QED) is 0.913. The van der Waals surface area contributed by atoms with Crippen LogP contribution in [0.5, 0.6) is 0 Å². The third kappa shape index (κ3) is 4.59. The molecule has 0 saturated carbocycles. The number of piperidine rings is 1. The number of hydrogen-bond acceptors (Lipinski definition) is 3. The molecule has 0 aliphatic carbocycles. The van der Waals surface area contributed by atoms with Crippen molar-refractivity contribution in [2.45, 2.75) is 31.4 Å². The smallest absolute Gasteiger partial charge is 0.225 e. The van der Waals surface area contributed by atoms with Crippen LogP contribution in [0.1, 0.15) is 30.9 Å². The Labute approximate surface area is 141 Å². The van der Waals surface area contributed by atoms with Gasteiger partial charge in [0.05, 0.1) is 12.5 Å². The van der Waals surface area contributed by atoms with Crippen LogP contribution in [0.4, 0.5) is 0 Å². The van der Waals surface area contributed by atoms with Gasteiger partial charge in [0, 0.05) is 29.2 Å². The number of rotatable bonds is 4. The van der Waals surface area contributed by atoms with Crippen LogP contribution in [0.15, 0.2) is 18.2 Å². The summed E-state index contributed by atoms with van der Waals surface area (Å²) in [7, 11) is 4.13. The Kier molecular flexibility index (Phi) is 6.09. The summed E-state index contributed by atoms with van der Waals surface area (Å²) in [5.41, 5.74) is 0.578. The molecule has 1 N–H and O–H groups in total. The Bertz CT molecular complexity index is 509. The second-order valence-electron chi connectivity index (χ2n) is 6.00. The lowest BCUT2D eigenvalue weighted by atomic mass is 10.0. The highest BCUT2D eigenvalue weighted by Gasteiger charge is 2.25. The predicted octanol–water partition coefficient (Wildman–Crippen LogP) is 2.97. The van der Waals surface area contributed by atoms with Gasteiger partial charge in [-0.25, -0.2) is 0 Å². The van der Waals surface area contributed by atoms with Gasteiger partial charge in [0.1, 0.15) is 0 Å². The van der Waals surface area contributed by atoms with Crippen LogP contribution in [-0.4, -0.2) is 54.0 Å². The van der Waals surface area contributed by atoms with Gasteiger partial charge in [-0.1, -0.05) is 23.2 Å². The first-order chi connectivity index (χ1) is 10.4. The van der Waals surface area contributed by atoms with E-state index in [1.165, 1.54) is 0 Å². The number of carbonyl (C=O) groups is 1. The molecule has 1 amide bonds. The van der Waals surface area contributed by atoms with E-state index in [4.69, 9.17) is 23.2 Å². The molecule has 0 spiro atoms. The molecule has 1 fully saturated rings. The highest BCUT2D eigenvalue weighted by molar-refractivity contribution is 6.34. The molecule has 1 atom stereocenters. The number of halogens is 2. The Morgan fingerprint density at radius 1 is 1.27 bits per heavy atom. The van der Waals surface area contributed by atoms with Crippen molar-refractivity contribution in [2.75, 3.05) is 27.2 Å². The molecule has 1 heterocycles. The van der Waals surface area contributed by atoms with Crippen LogP contribution in [-0.2, 0) is 4.79 Å². The molecule has 2 rings (SSSR count). The SMILES string of the molecule is CN(C)C1CCN(C(=O)CC(O)c2cc(Cl)cc(Cl)c2)CC1. The van der Waals surface area contributed by atoms with Gasteiger partial charge in [0.15, 0.2) is 0 Å². The van der Waals surface area contributed by atoms with Crippen LogP contribution in [0.25, 0.3) is 0 Å². The number of amides is 1. The molecule has 4 nitrogen and oxygen atoms in total. The summed E-state index contributed by atoms with van der Waals surface area (Å²) >= 11 is 11.9. The summed E-state index contributed by atoms with van der Waals surface area (Å²) in [4.78, 5) is 16.3. The maximum Gasteiger partial charge on any atom is 0.225 e. The molecule has 22 heavy (non-hydrogen) atoms. The number of nitrogens with zero attached hydrogens (tertiary/aromatic N) is 2. The first kappa shape index (κ1) is 17.5. The van der Waals surface area contributed by atoms with E-state index in [1.54, 1.807) is 18.2 Å². The third-order valence-corrected chi connectivity index (χ3v) is 4.62. The van der Waals surface area contributed by atoms with Gasteiger partial charge in [-0.15, -0.1) is 0 Å². The molecular weight excluding hydrogens is 323 g/mol. The Morgan fingerprint density at radius 3 is 2.32 bits per heavy atom. The van der Waals surface area contributed by atoms with Crippen LogP contribution < -0.4 is 0 Å². The standard InChI is InChI=1S/C16H22Cl2N2O2/c1-19(2)14-3-5-20(6-4-14)16(22)10-15(21)11-7-12(17)9-13(18)8-11/h7-9,14-15,21H,3-6,10H2,1-2H3. The Balaban J connectivity index is 1.92. The zero-order valence-electron chi connectivity index (χ0n) is 12.9. The number of carbonyl (C=O) groups excluding carboxylic acids is 1. The minimum Gasteiger partial charge on any atom is -0.388 e. The van der Waals surface area contributed by atoms with Gasteiger partial charge in [-0.2, -0.15) is 0 Å². The molecule has 1 saturated heterocycles. The molecule has 0 radical (unpaired) electrons. The lowest BCUT2D eigenvalue weighted by Crippen LogP contribution is -2.44. The van der Waals surface area contributed by atoms with Crippen molar-refractivity contribution in [1.82, 2.24) is 9.80 Å². The number of likely N-dealkylation sites (tertiary alicyclic amines) is 1. The Morgan fingerprint density at radius 2 is 1.82 bits per heavy atom. The fraction of sp³-hybridized carbons (Fsp3) is 0.562. The number of benzene rings is 1. The van der Waals surface area contributed by atoms with E-state index in [0.717, 1.165) is 25.9 Å². The molecular formula is C16H22Cl2N2O2. The molecule has 0 bridgehead atoms. The van der Waals surface area contributed by atoms with Gasteiger partial charge in [-0.3, -0.25) is 4.79 Å². The van der Waals surface area contributed by atoms with Gasteiger partial charge in [0.25, 0.3) is 0 Å². The topological polar surface area (TPSA) is 43.8 Å². The van der Waals surface area contributed by atoms with E-state index in [0.29, 0.717) is 21.7 Å². The summed E-state index contributed by atoms with van der Waals surface area (Å²) in [6.07, 6.45) is 1.12. The van der Waals surface area contributed by atoms with Crippen LogP contribution in [0, 0.1) is 0 Å². The van der Waals surface area contributed by atoms with E-state index in [9.17, 15) is 9.90 Å². The summed E-state index contributed by atoms with van der Waals surface area (Å²) in [6, 6.07) is 5.42. The van der Waals surface area contributed by atoms with E-state index in [1.807, 2.05) is 4.90 Å². The van der Waals surface area contributed by atoms with E-state index in [-0.39, 0.29) is 12.3 Å². The van der Waals surface area contributed by atoms with E-state index < -0.39 is 6.10 Å². The van der Waals surface area contributed by atoms with Crippen LogP contribution >= 0.6 is 23.2 Å². The molecule has 6 heteroatoms. The van der Waals surface area contributed by atoms with Crippen molar-refractivity contribution in [2.24, 2.45) is 0 Å². The zero-order chi connectivity index (χ0) is 16.3. The molecule has 0 aromatic heterocycles. The number of aliphatic hydroxyl groups is 1. The maximum atomic E-state index is 12.3. The summed E-state index contributed by atoms with van der Waals surface area (Å²) in [5.74, 6) is -0.0270. The van der Waals surface area contributed by atoms with Crippen LogP contribution in [0.3, 0.4) is 0 Å². The molecule has 1 aromatic carbocycles. The van der Waals surface area contributed by atoms with Gasteiger partial charge < -0.3 is 14.9 Å². The maximum absolute atomic E-state index is 12.3. The van der Waals surface area contributed by atoms with Gasteiger partial charge >= 0.3 is 0 Å². The fourth-order valence-corrected chi connectivity index (χ4v) is 3.35. The summed E-state index contributed by atoms with van der Waals surface area (Å²) < 4.78 is 0. The van der Waals surface area contributed by atoms with Gasteiger partial charge in [0.2, 0.25) is 5.91 Å². The normalized spacial score (nSPS) is 17.8. The fourth-order valence-electron chi connectivity index (χ4n) is 2.81. The lowest BCUT2D eigenvalue weighted by molar-refractivity contribution is -0.134. The molecule has 122 valence electrons. The highest BCUT2D eigenvalue weighted by Crippen LogP contribution is 2.26. The lowest BCUT2D eigenvalue weighted by Gasteiger charge is -2.35. The molecule has 1 aliphatic heterocycles. The van der Waals surface area contributed by atoms with Crippen molar-refractivity contribution < 1.29 is 9.90 Å². The van der Waals surface area contributed by atoms with Crippen molar-refractivity contribution in [3.05, 3.63) is 33.8 Å². The predicted molar refractivity (Wildman–Crippen MR) is 89.3 cm³/mol. The van der Waals surface area contributed by atoms with E-state index >= 15 is 0 Å². The summed E-state index contributed by atoms with van der Waals surface area (Å²) in [5, 5.41) is 11.2. The average Bonchev–Trinajstić information content (AvgIpc) is 2.46. The second-order valence-corrected chi connectivity index (χ2v) is 6.87.